The molecule has 2 aromatic rings. The Hall–Kier alpha value is -1.49. The number of nitrogens with two attached hydrogens (primary N) is 1. The number of anilines is 1. The van der Waals surface area contributed by atoms with Crippen molar-refractivity contribution in [2.45, 2.75) is 36.6 Å². The second-order valence-electron chi connectivity index (χ2n) is 3.74. The molecule has 0 aliphatic heterocycles. The van der Waals surface area contributed by atoms with Crippen molar-refractivity contribution in [2.75, 3.05) is 5.73 Å². The van der Waals surface area contributed by atoms with Crippen molar-refractivity contribution in [3.8, 4) is 0 Å². The zero-order chi connectivity index (χ0) is 12.3. The summed E-state index contributed by atoms with van der Waals surface area (Å²) in [5.41, 5.74) is 5.77. The first kappa shape index (κ1) is 12.0. The molecule has 2 N–H and O–H groups in total. The maximum absolute atomic E-state index is 5.77. The van der Waals surface area contributed by atoms with Crippen LogP contribution in [-0.2, 0) is 6.42 Å². The van der Waals surface area contributed by atoms with E-state index >= 15 is 0 Å². The Bertz CT molecular complexity index is 510. The number of rotatable bonds is 4. The number of hydrogen-bond acceptors (Lipinski definition) is 5. The second-order valence-corrected chi connectivity index (χ2v) is 4.80. The zero-order valence-corrected chi connectivity index (χ0v) is 10.8. The lowest BCUT2D eigenvalue weighted by molar-refractivity contribution is 0.527. The smallest absolute Gasteiger partial charge is 0.132 e. The lowest BCUT2D eigenvalue weighted by Gasteiger charge is -2.04. The van der Waals surface area contributed by atoms with Crippen molar-refractivity contribution in [1.29, 1.82) is 0 Å². The van der Waals surface area contributed by atoms with Gasteiger partial charge in [0.15, 0.2) is 0 Å². The molecule has 0 bridgehead atoms. The van der Waals surface area contributed by atoms with Gasteiger partial charge in [0.2, 0.25) is 0 Å². The molecule has 0 aliphatic rings. The summed E-state index contributed by atoms with van der Waals surface area (Å²) in [4.78, 5) is 9.74. The fourth-order valence-electron chi connectivity index (χ4n) is 1.47. The van der Waals surface area contributed by atoms with Gasteiger partial charge in [-0.2, -0.15) is 0 Å². The number of aromatic nitrogens is 2. The van der Waals surface area contributed by atoms with Gasteiger partial charge in [0.1, 0.15) is 22.4 Å². The summed E-state index contributed by atoms with van der Waals surface area (Å²) in [7, 11) is 0. The van der Waals surface area contributed by atoms with Crippen LogP contribution in [0.5, 0.6) is 0 Å². The van der Waals surface area contributed by atoms with E-state index in [1.54, 1.807) is 24.1 Å². The first-order valence-corrected chi connectivity index (χ1v) is 6.36. The fraction of sp³-hybridized carbons (Fsp3) is 0.333. The summed E-state index contributed by atoms with van der Waals surface area (Å²) in [6.45, 7) is 4.03. The van der Waals surface area contributed by atoms with Gasteiger partial charge in [-0.3, -0.25) is 0 Å². The molecule has 2 rings (SSSR count). The van der Waals surface area contributed by atoms with E-state index in [4.69, 9.17) is 10.2 Å². The van der Waals surface area contributed by atoms with Crippen LogP contribution in [0.2, 0.25) is 0 Å². The molecule has 0 saturated carbocycles. The molecule has 0 amide bonds. The zero-order valence-electron chi connectivity index (χ0n) is 9.93. The summed E-state index contributed by atoms with van der Waals surface area (Å²) in [5, 5.41) is 0.866. The van der Waals surface area contributed by atoms with Crippen LogP contribution in [0, 0.1) is 6.92 Å². The molecule has 90 valence electrons. The van der Waals surface area contributed by atoms with Crippen molar-refractivity contribution in [3.05, 3.63) is 30.0 Å². The average molecular weight is 249 g/mol. The van der Waals surface area contributed by atoms with Gasteiger partial charge >= 0.3 is 0 Å². The molecule has 0 fully saturated rings. The molecule has 4 nitrogen and oxygen atoms in total. The fourth-order valence-corrected chi connectivity index (χ4v) is 2.34. The standard InChI is InChI=1S/C12H15N3OS/c1-3-4-11-14-10(13)7-12(15-11)17-9-5-6-16-8(9)2/h5-7H,3-4H2,1-2H3,(H2,13,14,15). The number of nitrogens with zero attached hydrogens (tertiary/aromatic N) is 2. The summed E-state index contributed by atoms with van der Waals surface area (Å²) in [6.07, 6.45) is 3.54. The van der Waals surface area contributed by atoms with E-state index in [0.717, 1.165) is 34.3 Å². The molecule has 5 heteroatoms. The summed E-state index contributed by atoms with van der Waals surface area (Å²) in [5.74, 6) is 2.22. The van der Waals surface area contributed by atoms with E-state index in [1.165, 1.54) is 0 Å². The molecule has 2 heterocycles. The van der Waals surface area contributed by atoms with Crippen LogP contribution in [0.4, 0.5) is 5.82 Å². The topological polar surface area (TPSA) is 64.9 Å². The first-order chi connectivity index (χ1) is 8.19. The number of aryl methyl sites for hydroxylation is 2. The van der Waals surface area contributed by atoms with Gasteiger partial charge in [-0.05, 0) is 19.4 Å². The third kappa shape index (κ3) is 3.00. The minimum atomic E-state index is 0.520. The molecule has 0 atom stereocenters. The largest absolute Gasteiger partial charge is 0.468 e. The van der Waals surface area contributed by atoms with Crippen LogP contribution < -0.4 is 5.73 Å². The molecular weight excluding hydrogens is 234 g/mol. The van der Waals surface area contributed by atoms with Gasteiger partial charge in [-0.15, -0.1) is 0 Å². The Kier molecular flexibility index (Phi) is 3.68. The van der Waals surface area contributed by atoms with Gasteiger partial charge in [-0.25, -0.2) is 9.97 Å². The number of furan rings is 1. The Labute approximate surface area is 105 Å². The van der Waals surface area contributed by atoms with Gasteiger partial charge < -0.3 is 10.2 Å². The molecule has 17 heavy (non-hydrogen) atoms. The molecule has 0 aliphatic carbocycles. The molecule has 0 spiro atoms. The monoisotopic (exact) mass is 249 g/mol. The number of nitrogen functional groups attached to an aromatic ring is 1. The quantitative estimate of drug-likeness (QED) is 0.844. The lowest BCUT2D eigenvalue weighted by Crippen LogP contribution is -2.00. The van der Waals surface area contributed by atoms with Gasteiger partial charge in [0.05, 0.1) is 11.2 Å². The predicted octanol–water partition coefficient (Wildman–Crippen LogP) is 3.06. The van der Waals surface area contributed by atoms with Crippen LogP contribution in [-0.4, -0.2) is 9.97 Å². The highest BCUT2D eigenvalue weighted by Crippen LogP contribution is 2.30. The van der Waals surface area contributed by atoms with Crippen LogP contribution in [0.25, 0.3) is 0 Å². The Balaban J connectivity index is 2.23. The minimum absolute atomic E-state index is 0.520. The highest BCUT2D eigenvalue weighted by Gasteiger charge is 2.07. The van der Waals surface area contributed by atoms with Gasteiger partial charge in [0, 0.05) is 12.5 Å². The van der Waals surface area contributed by atoms with Crippen molar-refractivity contribution < 1.29 is 4.42 Å². The van der Waals surface area contributed by atoms with Crippen molar-refractivity contribution in [3.63, 3.8) is 0 Å². The molecule has 0 unspecified atom stereocenters. The Morgan fingerprint density at radius 1 is 1.41 bits per heavy atom. The first-order valence-electron chi connectivity index (χ1n) is 5.54. The number of hydrogen-bond donors (Lipinski definition) is 1. The van der Waals surface area contributed by atoms with Crippen molar-refractivity contribution in [1.82, 2.24) is 9.97 Å². The summed E-state index contributed by atoms with van der Waals surface area (Å²) in [6, 6.07) is 3.72. The second kappa shape index (κ2) is 5.23. The normalized spacial score (nSPS) is 10.7. The molecule has 2 aromatic heterocycles. The van der Waals surface area contributed by atoms with E-state index in [9.17, 15) is 0 Å². The van der Waals surface area contributed by atoms with E-state index in [-0.39, 0.29) is 0 Å². The minimum Gasteiger partial charge on any atom is -0.468 e. The lowest BCUT2D eigenvalue weighted by atomic mass is 10.3. The Morgan fingerprint density at radius 3 is 2.88 bits per heavy atom. The van der Waals surface area contributed by atoms with Gasteiger partial charge in [-0.1, -0.05) is 18.7 Å². The Morgan fingerprint density at radius 2 is 2.24 bits per heavy atom. The predicted molar refractivity (Wildman–Crippen MR) is 68.0 cm³/mol. The van der Waals surface area contributed by atoms with E-state index in [0.29, 0.717) is 5.82 Å². The molecule has 0 radical (unpaired) electrons. The van der Waals surface area contributed by atoms with Gasteiger partial charge in [0.25, 0.3) is 0 Å². The van der Waals surface area contributed by atoms with Crippen molar-refractivity contribution in [2.24, 2.45) is 0 Å². The molecule has 0 saturated heterocycles. The van der Waals surface area contributed by atoms with E-state index in [2.05, 4.69) is 16.9 Å². The maximum Gasteiger partial charge on any atom is 0.132 e. The van der Waals surface area contributed by atoms with Crippen LogP contribution in [0.1, 0.15) is 24.9 Å². The summed E-state index contributed by atoms with van der Waals surface area (Å²) >= 11 is 1.55. The highest BCUT2D eigenvalue weighted by molar-refractivity contribution is 7.99. The average Bonchev–Trinajstić information content (AvgIpc) is 2.64. The van der Waals surface area contributed by atoms with Crippen molar-refractivity contribution >= 4 is 17.6 Å². The highest BCUT2D eigenvalue weighted by atomic mass is 32.2. The molecule has 0 aromatic carbocycles. The van der Waals surface area contributed by atoms with Crippen LogP contribution in [0.15, 0.2) is 32.7 Å². The SMILES string of the molecule is CCCc1nc(N)cc(Sc2ccoc2C)n1. The summed E-state index contributed by atoms with van der Waals surface area (Å²) < 4.78 is 5.25. The third-order valence-corrected chi connectivity index (χ3v) is 3.33. The van der Waals surface area contributed by atoms with Crippen LogP contribution in [0.3, 0.4) is 0 Å². The molecular formula is C12H15N3OS. The van der Waals surface area contributed by atoms with E-state index < -0.39 is 0 Å². The van der Waals surface area contributed by atoms with Crippen LogP contribution >= 0.6 is 11.8 Å². The van der Waals surface area contributed by atoms with E-state index in [1.807, 2.05) is 13.0 Å². The maximum atomic E-state index is 5.77. The third-order valence-electron chi connectivity index (χ3n) is 2.27.